The number of hydrogen-bond donors (Lipinski definition) is 1. The molecule has 0 aliphatic heterocycles. The lowest BCUT2D eigenvalue weighted by atomic mass is 10.2. The van der Waals surface area contributed by atoms with Gasteiger partial charge >= 0.3 is 0 Å². The van der Waals surface area contributed by atoms with Crippen molar-refractivity contribution in [1.29, 1.82) is 0 Å². The predicted molar refractivity (Wildman–Crippen MR) is 66.1 cm³/mol. The predicted octanol–water partition coefficient (Wildman–Crippen LogP) is 2.41. The number of rotatable bonds is 4. The van der Waals surface area contributed by atoms with Crippen molar-refractivity contribution in [3.63, 3.8) is 0 Å². The lowest BCUT2D eigenvalue weighted by Gasteiger charge is -2.06. The average molecular weight is 237 g/mol. The minimum Gasteiger partial charge on any atom is -0.481 e. The summed E-state index contributed by atoms with van der Waals surface area (Å²) in [4.78, 5) is 0. The van der Waals surface area contributed by atoms with Crippen LogP contribution in [0.15, 0.2) is 16.8 Å². The van der Waals surface area contributed by atoms with Crippen LogP contribution in [0.25, 0.3) is 0 Å². The van der Waals surface area contributed by atoms with Crippen molar-refractivity contribution >= 4 is 17.0 Å². The van der Waals surface area contributed by atoms with E-state index >= 15 is 0 Å². The summed E-state index contributed by atoms with van der Waals surface area (Å²) in [6.07, 6.45) is 0. The molecule has 0 aliphatic carbocycles. The Hall–Kier alpha value is -1.49. The van der Waals surface area contributed by atoms with Crippen LogP contribution in [0.5, 0.6) is 5.88 Å². The van der Waals surface area contributed by atoms with Gasteiger partial charge in [-0.05, 0) is 18.4 Å². The monoisotopic (exact) mass is 237 g/mol. The van der Waals surface area contributed by atoms with Gasteiger partial charge in [-0.25, -0.2) is 4.68 Å². The number of thiophene rings is 1. The first-order valence-corrected chi connectivity index (χ1v) is 5.99. The Morgan fingerprint density at radius 2 is 2.38 bits per heavy atom. The molecule has 2 aromatic heterocycles. The molecule has 5 heteroatoms. The van der Waals surface area contributed by atoms with Gasteiger partial charge in [0.05, 0.1) is 18.4 Å². The second-order valence-electron chi connectivity index (χ2n) is 3.56. The molecule has 1 N–H and O–H groups in total. The van der Waals surface area contributed by atoms with Crippen molar-refractivity contribution in [2.24, 2.45) is 7.05 Å². The van der Waals surface area contributed by atoms with Crippen LogP contribution in [0.4, 0.5) is 5.69 Å². The summed E-state index contributed by atoms with van der Waals surface area (Å²) in [5, 5.41) is 11.8. The van der Waals surface area contributed by atoms with Gasteiger partial charge in [-0.3, -0.25) is 0 Å². The highest BCUT2D eigenvalue weighted by molar-refractivity contribution is 7.08. The summed E-state index contributed by atoms with van der Waals surface area (Å²) >= 11 is 1.68. The number of nitrogens with zero attached hydrogens (tertiary/aromatic N) is 2. The lowest BCUT2D eigenvalue weighted by Crippen LogP contribution is -2.02. The molecule has 0 saturated heterocycles. The van der Waals surface area contributed by atoms with Gasteiger partial charge in [-0.1, -0.05) is 0 Å². The molecule has 0 radical (unpaired) electrons. The fourth-order valence-electron chi connectivity index (χ4n) is 1.70. The summed E-state index contributed by atoms with van der Waals surface area (Å²) in [6.45, 7) is 2.73. The maximum Gasteiger partial charge on any atom is 0.216 e. The zero-order chi connectivity index (χ0) is 11.5. The third kappa shape index (κ3) is 2.04. The van der Waals surface area contributed by atoms with E-state index in [0.717, 1.165) is 29.4 Å². The molecule has 0 amide bonds. The molecule has 2 aromatic rings. The number of aryl methyl sites for hydroxylation is 2. The SMILES string of the molecule is COc1c(CNc2ccsc2)c(C)nn1C. The first kappa shape index (κ1) is 11.0. The summed E-state index contributed by atoms with van der Waals surface area (Å²) in [5.74, 6) is 0.820. The van der Waals surface area contributed by atoms with Crippen molar-refractivity contribution in [2.45, 2.75) is 13.5 Å². The van der Waals surface area contributed by atoms with E-state index in [0.29, 0.717) is 0 Å². The van der Waals surface area contributed by atoms with Crippen molar-refractivity contribution in [2.75, 3.05) is 12.4 Å². The van der Waals surface area contributed by atoms with Crippen LogP contribution in [0.3, 0.4) is 0 Å². The summed E-state index contributed by atoms with van der Waals surface area (Å²) in [5.41, 5.74) is 3.24. The van der Waals surface area contributed by atoms with Crippen LogP contribution >= 0.6 is 11.3 Å². The quantitative estimate of drug-likeness (QED) is 0.887. The van der Waals surface area contributed by atoms with E-state index in [1.807, 2.05) is 14.0 Å². The molecule has 16 heavy (non-hydrogen) atoms. The van der Waals surface area contributed by atoms with E-state index in [4.69, 9.17) is 4.74 Å². The van der Waals surface area contributed by atoms with Gasteiger partial charge in [0, 0.05) is 24.7 Å². The molecule has 0 unspecified atom stereocenters. The Bertz CT molecular complexity index is 462. The Morgan fingerprint density at radius 1 is 1.56 bits per heavy atom. The third-order valence-corrected chi connectivity index (χ3v) is 3.16. The van der Waals surface area contributed by atoms with Crippen LogP contribution in [-0.2, 0) is 13.6 Å². The van der Waals surface area contributed by atoms with Crippen molar-refractivity contribution in [1.82, 2.24) is 9.78 Å². The third-order valence-electron chi connectivity index (χ3n) is 2.47. The zero-order valence-electron chi connectivity index (χ0n) is 9.65. The zero-order valence-corrected chi connectivity index (χ0v) is 10.5. The van der Waals surface area contributed by atoms with Gasteiger partial charge in [-0.15, -0.1) is 0 Å². The highest BCUT2D eigenvalue weighted by Gasteiger charge is 2.13. The van der Waals surface area contributed by atoms with E-state index < -0.39 is 0 Å². The summed E-state index contributed by atoms with van der Waals surface area (Å²) < 4.78 is 7.09. The van der Waals surface area contributed by atoms with Gasteiger partial charge in [0.15, 0.2) is 0 Å². The molecule has 0 saturated carbocycles. The van der Waals surface area contributed by atoms with Gasteiger partial charge < -0.3 is 10.1 Å². The number of methoxy groups -OCH3 is 1. The molecule has 0 fully saturated rings. The Balaban J connectivity index is 2.14. The first-order chi connectivity index (χ1) is 7.72. The van der Waals surface area contributed by atoms with Crippen molar-refractivity contribution in [3.05, 3.63) is 28.1 Å². The molecule has 0 spiro atoms. The number of aromatic nitrogens is 2. The molecule has 0 atom stereocenters. The van der Waals surface area contributed by atoms with Crippen LogP contribution in [-0.4, -0.2) is 16.9 Å². The smallest absolute Gasteiger partial charge is 0.216 e. The minimum absolute atomic E-state index is 0.736. The van der Waals surface area contributed by atoms with Crippen LogP contribution in [0, 0.1) is 6.92 Å². The van der Waals surface area contributed by atoms with E-state index in [1.165, 1.54) is 0 Å². The van der Waals surface area contributed by atoms with Crippen molar-refractivity contribution in [3.8, 4) is 5.88 Å². The molecule has 0 aromatic carbocycles. The molecule has 4 nitrogen and oxygen atoms in total. The lowest BCUT2D eigenvalue weighted by molar-refractivity contribution is 0.370. The molecular weight excluding hydrogens is 222 g/mol. The van der Waals surface area contributed by atoms with E-state index in [9.17, 15) is 0 Å². The fraction of sp³-hybridized carbons (Fsp3) is 0.364. The Morgan fingerprint density at radius 3 is 3.00 bits per heavy atom. The largest absolute Gasteiger partial charge is 0.481 e. The highest BCUT2D eigenvalue weighted by Crippen LogP contribution is 2.22. The summed E-state index contributed by atoms with van der Waals surface area (Å²) in [7, 11) is 3.56. The van der Waals surface area contributed by atoms with Gasteiger partial charge in [0.25, 0.3) is 0 Å². The second-order valence-corrected chi connectivity index (χ2v) is 4.34. The molecule has 2 rings (SSSR count). The Kier molecular flexibility index (Phi) is 3.14. The van der Waals surface area contributed by atoms with E-state index in [2.05, 4.69) is 27.2 Å². The number of hydrogen-bond acceptors (Lipinski definition) is 4. The topological polar surface area (TPSA) is 39.1 Å². The normalized spacial score (nSPS) is 10.4. The second kappa shape index (κ2) is 4.57. The summed E-state index contributed by atoms with van der Waals surface area (Å²) in [6, 6.07) is 2.06. The number of nitrogens with one attached hydrogen (secondary N) is 1. The maximum atomic E-state index is 5.33. The highest BCUT2D eigenvalue weighted by atomic mass is 32.1. The van der Waals surface area contributed by atoms with Crippen LogP contribution < -0.4 is 10.1 Å². The average Bonchev–Trinajstić information content (AvgIpc) is 2.83. The van der Waals surface area contributed by atoms with E-state index in [1.54, 1.807) is 23.1 Å². The number of ether oxygens (including phenoxy) is 1. The van der Waals surface area contributed by atoms with Crippen LogP contribution in [0.2, 0.25) is 0 Å². The fourth-order valence-corrected chi connectivity index (χ4v) is 2.31. The number of anilines is 1. The molecular formula is C11H15N3OS. The van der Waals surface area contributed by atoms with Crippen molar-refractivity contribution < 1.29 is 4.74 Å². The molecule has 86 valence electrons. The molecule has 0 aliphatic rings. The Labute approximate surface area is 98.9 Å². The molecule has 0 bridgehead atoms. The standard InChI is InChI=1S/C11H15N3OS/c1-8-10(11(15-3)14(2)13-8)6-12-9-4-5-16-7-9/h4-5,7,12H,6H2,1-3H3. The minimum atomic E-state index is 0.736. The first-order valence-electron chi connectivity index (χ1n) is 5.05. The van der Waals surface area contributed by atoms with Gasteiger partial charge in [0.2, 0.25) is 5.88 Å². The molecule has 2 heterocycles. The van der Waals surface area contributed by atoms with Gasteiger partial charge in [0.1, 0.15) is 0 Å². The van der Waals surface area contributed by atoms with Crippen LogP contribution in [0.1, 0.15) is 11.3 Å². The maximum absolute atomic E-state index is 5.33. The van der Waals surface area contributed by atoms with E-state index in [-0.39, 0.29) is 0 Å². The van der Waals surface area contributed by atoms with Gasteiger partial charge in [-0.2, -0.15) is 16.4 Å².